The first-order chi connectivity index (χ1) is 17.6. The molecule has 0 unspecified atom stereocenters. The molecule has 38 heavy (non-hydrogen) atoms. The van der Waals surface area contributed by atoms with Crippen LogP contribution in [0.3, 0.4) is 0 Å². The number of hydrogen-bond donors (Lipinski definition) is 1. The molecule has 2 bridgehead atoms. The van der Waals surface area contributed by atoms with Crippen molar-refractivity contribution in [2.24, 2.45) is 28.1 Å². The van der Waals surface area contributed by atoms with Gasteiger partial charge in [-0.2, -0.15) is 0 Å². The predicted molar refractivity (Wildman–Crippen MR) is 149 cm³/mol. The monoisotopic (exact) mass is 520 g/mol. The summed E-state index contributed by atoms with van der Waals surface area (Å²) in [5.41, 5.74) is -2.32. The van der Waals surface area contributed by atoms with Crippen molar-refractivity contribution in [3.8, 4) is 0 Å². The third-order valence-electron chi connectivity index (χ3n) is 9.64. The minimum Gasteiger partial charge on any atom is -0.388 e. The quantitative estimate of drug-likeness (QED) is 0.259. The molecule has 5 nitrogen and oxygen atoms in total. The number of aliphatic hydroxyl groups is 1. The summed E-state index contributed by atoms with van der Waals surface area (Å²) in [5, 5.41) is 10.9. The molecule has 1 heterocycles. The van der Waals surface area contributed by atoms with Crippen LogP contribution in [0.2, 0.25) is 0 Å². The van der Waals surface area contributed by atoms with Crippen LogP contribution in [-0.4, -0.2) is 40.3 Å². The van der Waals surface area contributed by atoms with Crippen LogP contribution in [-0.2, 0) is 14.3 Å². The van der Waals surface area contributed by atoms with Crippen molar-refractivity contribution in [3.05, 3.63) is 59.2 Å². The number of allylic oxidation sites excluding steroid dienone is 4. The summed E-state index contributed by atoms with van der Waals surface area (Å²) in [6, 6.07) is 8.81. The third kappa shape index (κ3) is 4.17. The molecule has 1 aliphatic heterocycles. The average Bonchev–Trinajstić information content (AvgIpc) is 3.30. The van der Waals surface area contributed by atoms with E-state index in [1.807, 2.05) is 47.6 Å². The van der Waals surface area contributed by atoms with E-state index in [9.17, 15) is 14.7 Å². The van der Waals surface area contributed by atoms with Gasteiger partial charge in [-0.3, -0.25) is 14.4 Å². The molecule has 1 saturated heterocycles. The lowest BCUT2D eigenvalue weighted by atomic mass is 9.37. The largest absolute Gasteiger partial charge is 0.388 e. The van der Waals surface area contributed by atoms with Crippen LogP contribution in [0.5, 0.6) is 0 Å². The van der Waals surface area contributed by atoms with Crippen molar-refractivity contribution < 1.29 is 24.2 Å². The first-order valence-electron chi connectivity index (χ1n) is 13.9. The molecule has 206 valence electrons. The summed E-state index contributed by atoms with van der Waals surface area (Å²) >= 11 is 0. The lowest BCUT2D eigenvalue weighted by Crippen LogP contribution is -2.74. The van der Waals surface area contributed by atoms with E-state index in [4.69, 9.17) is 4.74 Å². The molecular formula is C33H44O5. The molecule has 2 aliphatic carbocycles. The molecule has 3 fully saturated rings. The molecule has 1 aromatic carbocycles. The maximum atomic E-state index is 15.1. The molecule has 4 rings (SSSR count). The zero-order valence-corrected chi connectivity index (χ0v) is 24.3. The van der Waals surface area contributed by atoms with E-state index in [0.717, 1.165) is 11.1 Å². The smallest absolute Gasteiger partial charge is 0.184 e. The normalized spacial score (nSPS) is 33.9. The highest BCUT2D eigenvalue weighted by Gasteiger charge is 2.78. The number of ketones is 3. The van der Waals surface area contributed by atoms with Gasteiger partial charge in [0.25, 0.3) is 0 Å². The maximum absolute atomic E-state index is 15.1. The second-order valence-electron chi connectivity index (χ2n) is 13.5. The summed E-state index contributed by atoms with van der Waals surface area (Å²) in [6.07, 6.45) is 4.86. The van der Waals surface area contributed by atoms with Gasteiger partial charge < -0.3 is 9.84 Å². The number of rotatable bonds is 7. The molecule has 0 spiro atoms. The Morgan fingerprint density at radius 3 is 2.21 bits per heavy atom. The third-order valence-corrected chi connectivity index (χ3v) is 9.64. The topological polar surface area (TPSA) is 80.7 Å². The fourth-order valence-corrected chi connectivity index (χ4v) is 7.36. The summed E-state index contributed by atoms with van der Waals surface area (Å²) in [4.78, 5) is 44.5. The molecule has 0 radical (unpaired) electrons. The van der Waals surface area contributed by atoms with Crippen molar-refractivity contribution in [2.75, 3.05) is 0 Å². The van der Waals surface area contributed by atoms with Gasteiger partial charge >= 0.3 is 0 Å². The Labute approximate surface area is 227 Å². The van der Waals surface area contributed by atoms with E-state index in [1.54, 1.807) is 38.1 Å². The Bertz CT molecular complexity index is 1180. The molecule has 6 atom stereocenters. The Morgan fingerprint density at radius 1 is 1.05 bits per heavy atom. The zero-order valence-electron chi connectivity index (χ0n) is 24.3. The molecule has 0 aromatic heterocycles. The van der Waals surface area contributed by atoms with Gasteiger partial charge in [0.15, 0.2) is 22.8 Å². The van der Waals surface area contributed by atoms with Crippen LogP contribution in [0.15, 0.2) is 53.6 Å². The SMILES string of the molecule is CC(C)=CC[C@H]1C[C@@]2(CC=C(C)C)C(=O)[C@](C(=O)c3ccccc3)(C(=O)[C@H]3C[C@H](C(C)(C)O)O[C@@H]32)C1(C)C. The molecule has 2 saturated carbocycles. The van der Waals surface area contributed by atoms with Crippen molar-refractivity contribution in [1.82, 2.24) is 0 Å². The second kappa shape index (κ2) is 9.67. The molecule has 3 aliphatic rings. The van der Waals surface area contributed by atoms with Crippen molar-refractivity contribution in [2.45, 2.75) is 98.9 Å². The van der Waals surface area contributed by atoms with Crippen molar-refractivity contribution in [3.63, 3.8) is 0 Å². The zero-order chi connectivity index (χ0) is 28.3. The minimum absolute atomic E-state index is 0.0944. The number of carbonyl (C=O) groups is 3. The Balaban J connectivity index is 2.02. The Morgan fingerprint density at radius 2 is 1.66 bits per heavy atom. The van der Waals surface area contributed by atoms with E-state index in [0.29, 0.717) is 31.2 Å². The minimum atomic E-state index is -1.82. The average molecular weight is 521 g/mol. The van der Waals surface area contributed by atoms with Gasteiger partial charge in [0.05, 0.1) is 23.2 Å². The standard InChI is InChI=1S/C33H44O5/c1-20(2)14-15-23-19-32(17-16-21(3)4)28-24(18-25(38-28)31(7,8)37)27(35)33(29(32)36,30(23,5)6)26(34)22-12-10-9-11-13-22/h9-14,16,23-25,28,37H,15,17-19H2,1-8H3/t23-,24+,25+,28-,32+,33-/m0/s1. The molecular weight excluding hydrogens is 476 g/mol. The highest BCUT2D eigenvalue weighted by Crippen LogP contribution is 2.68. The first-order valence-corrected chi connectivity index (χ1v) is 13.9. The van der Waals surface area contributed by atoms with Gasteiger partial charge in [-0.1, -0.05) is 67.5 Å². The highest BCUT2D eigenvalue weighted by molar-refractivity contribution is 6.32. The van der Waals surface area contributed by atoms with Crippen LogP contribution in [0.25, 0.3) is 0 Å². The van der Waals surface area contributed by atoms with E-state index < -0.39 is 45.8 Å². The summed E-state index contributed by atoms with van der Waals surface area (Å²) in [6.45, 7) is 15.3. The Kier molecular flexibility index (Phi) is 7.29. The molecule has 0 amide bonds. The van der Waals surface area contributed by atoms with E-state index in [-0.39, 0.29) is 17.5 Å². The predicted octanol–water partition coefficient (Wildman–Crippen LogP) is 6.30. The van der Waals surface area contributed by atoms with E-state index in [1.165, 1.54) is 0 Å². The molecule has 5 heteroatoms. The maximum Gasteiger partial charge on any atom is 0.184 e. The fourth-order valence-electron chi connectivity index (χ4n) is 7.36. The van der Waals surface area contributed by atoms with Crippen LogP contribution >= 0.6 is 0 Å². The van der Waals surface area contributed by atoms with Crippen LogP contribution in [0.1, 0.15) is 91.4 Å². The van der Waals surface area contributed by atoms with Gasteiger partial charge in [0, 0.05) is 11.5 Å². The number of fused-ring (bicyclic) bond motifs is 4. The molecule has 1 aromatic rings. The highest BCUT2D eigenvalue weighted by atomic mass is 16.5. The van der Waals surface area contributed by atoms with Gasteiger partial charge in [-0.05, 0) is 78.6 Å². The first kappa shape index (κ1) is 28.6. The van der Waals surface area contributed by atoms with Gasteiger partial charge in [-0.15, -0.1) is 0 Å². The fraction of sp³-hybridized carbons (Fsp3) is 0.606. The van der Waals surface area contributed by atoms with Gasteiger partial charge in [0.1, 0.15) is 0 Å². The lowest BCUT2D eigenvalue weighted by Gasteiger charge is -2.62. The van der Waals surface area contributed by atoms with Crippen molar-refractivity contribution >= 4 is 17.3 Å². The van der Waals surface area contributed by atoms with E-state index in [2.05, 4.69) is 12.2 Å². The molecule has 1 N–H and O–H groups in total. The second-order valence-corrected chi connectivity index (χ2v) is 13.5. The number of Topliss-reactive ketones (excluding diaryl/α,β-unsaturated/α-hetero) is 3. The van der Waals surface area contributed by atoms with Gasteiger partial charge in [0.2, 0.25) is 0 Å². The summed E-state index contributed by atoms with van der Waals surface area (Å²) in [7, 11) is 0. The van der Waals surface area contributed by atoms with Crippen LogP contribution < -0.4 is 0 Å². The number of benzene rings is 1. The Hall–Kier alpha value is -2.37. The summed E-state index contributed by atoms with van der Waals surface area (Å²) < 4.78 is 6.52. The summed E-state index contributed by atoms with van der Waals surface area (Å²) in [5.74, 6) is -1.74. The number of carbonyl (C=O) groups excluding carboxylic acids is 3. The van der Waals surface area contributed by atoms with E-state index >= 15 is 4.79 Å². The van der Waals surface area contributed by atoms with Crippen molar-refractivity contribution in [1.29, 1.82) is 0 Å². The van der Waals surface area contributed by atoms with Gasteiger partial charge in [-0.25, -0.2) is 0 Å². The number of ether oxygens (including phenoxy) is 1. The van der Waals surface area contributed by atoms with Crippen LogP contribution in [0, 0.1) is 28.1 Å². The van der Waals surface area contributed by atoms with Crippen LogP contribution in [0.4, 0.5) is 0 Å². The lowest BCUT2D eigenvalue weighted by molar-refractivity contribution is -0.195. The number of hydrogen-bond acceptors (Lipinski definition) is 5.